The van der Waals surface area contributed by atoms with Crippen LogP contribution < -0.4 is 5.32 Å². The molecule has 0 saturated heterocycles. The molecule has 1 nitrogen and oxygen atoms in total. The van der Waals surface area contributed by atoms with Gasteiger partial charge < -0.3 is 5.32 Å². The lowest BCUT2D eigenvalue weighted by Gasteiger charge is -2.30. The van der Waals surface area contributed by atoms with Crippen molar-refractivity contribution >= 4 is 0 Å². The van der Waals surface area contributed by atoms with E-state index in [0.717, 1.165) is 31.0 Å². The van der Waals surface area contributed by atoms with Gasteiger partial charge in [-0.2, -0.15) is 13.2 Å². The van der Waals surface area contributed by atoms with Gasteiger partial charge in [-0.3, -0.25) is 0 Å². The molecule has 0 atom stereocenters. The minimum atomic E-state index is -4.28. The Bertz CT molecular complexity index is 455. The lowest BCUT2D eigenvalue weighted by molar-refractivity contribution is -0.137. The Morgan fingerprint density at radius 3 is 2.47 bits per heavy atom. The van der Waals surface area contributed by atoms with Crippen LogP contribution in [0.3, 0.4) is 0 Å². The van der Waals surface area contributed by atoms with E-state index >= 15 is 0 Å². The number of benzene rings is 1. The SMILES string of the molecule is CCNCC1(c2cccc(C(F)(F)F)c2)CC=CC1. The van der Waals surface area contributed by atoms with E-state index in [0.29, 0.717) is 6.54 Å². The zero-order chi connectivity index (χ0) is 13.9. The molecule has 0 aliphatic heterocycles. The third-order valence-electron chi connectivity index (χ3n) is 3.70. The molecule has 104 valence electrons. The number of likely N-dealkylation sites (N-methyl/N-ethyl adjacent to an activating group) is 1. The Hall–Kier alpha value is -1.29. The molecule has 0 aromatic heterocycles. The molecule has 1 N–H and O–H groups in total. The smallest absolute Gasteiger partial charge is 0.316 e. The zero-order valence-corrected chi connectivity index (χ0v) is 10.9. The van der Waals surface area contributed by atoms with Crippen molar-refractivity contribution in [2.45, 2.75) is 31.4 Å². The second kappa shape index (κ2) is 5.37. The summed E-state index contributed by atoms with van der Waals surface area (Å²) in [5.41, 5.74) is -0.0156. The van der Waals surface area contributed by atoms with Gasteiger partial charge in [0, 0.05) is 12.0 Å². The van der Waals surface area contributed by atoms with Crippen molar-refractivity contribution < 1.29 is 13.2 Å². The monoisotopic (exact) mass is 269 g/mol. The van der Waals surface area contributed by atoms with Gasteiger partial charge in [-0.1, -0.05) is 37.3 Å². The number of halogens is 3. The first-order valence-corrected chi connectivity index (χ1v) is 6.51. The van der Waals surface area contributed by atoms with Gasteiger partial charge in [0.05, 0.1) is 5.56 Å². The van der Waals surface area contributed by atoms with E-state index in [4.69, 9.17) is 0 Å². The molecular weight excluding hydrogens is 251 g/mol. The van der Waals surface area contributed by atoms with Crippen molar-refractivity contribution in [3.8, 4) is 0 Å². The van der Waals surface area contributed by atoms with Crippen LogP contribution >= 0.6 is 0 Å². The van der Waals surface area contributed by atoms with Gasteiger partial charge in [-0.15, -0.1) is 0 Å². The largest absolute Gasteiger partial charge is 0.416 e. The van der Waals surface area contributed by atoms with Crippen LogP contribution in [-0.4, -0.2) is 13.1 Å². The summed E-state index contributed by atoms with van der Waals surface area (Å²) >= 11 is 0. The quantitative estimate of drug-likeness (QED) is 0.817. The number of alkyl halides is 3. The summed E-state index contributed by atoms with van der Waals surface area (Å²) in [5.74, 6) is 0. The van der Waals surface area contributed by atoms with Gasteiger partial charge in [0.25, 0.3) is 0 Å². The van der Waals surface area contributed by atoms with Crippen LogP contribution in [0.5, 0.6) is 0 Å². The van der Waals surface area contributed by atoms with Gasteiger partial charge in [0.1, 0.15) is 0 Å². The first-order chi connectivity index (χ1) is 8.98. The molecule has 1 aliphatic rings. The maximum atomic E-state index is 12.8. The summed E-state index contributed by atoms with van der Waals surface area (Å²) in [4.78, 5) is 0. The Kier molecular flexibility index (Phi) is 3.99. The summed E-state index contributed by atoms with van der Waals surface area (Å²) in [6.07, 6.45) is 1.42. The highest BCUT2D eigenvalue weighted by atomic mass is 19.4. The fourth-order valence-corrected chi connectivity index (χ4v) is 2.57. The van der Waals surface area contributed by atoms with E-state index in [1.807, 2.05) is 6.92 Å². The van der Waals surface area contributed by atoms with Gasteiger partial charge in [0.15, 0.2) is 0 Å². The molecule has 0 fully saturated rings. The van der Waals surface area contributed by atoms with E-state index in [1.54, 1.807) is 6.07 Å². The topological polar surface area (TPSA) is 12.0 Å². The molecule has 0 unspecified atom stereocenters. The van der Waals surface area contributed by atoms with E-state index in [9.17, 15) is 13.2 Å². The van der Waals surface area contributed by atoms with Crippen LogP contribution in [0.4, 0.5) is 13.2 Å². The second-order valence-electron chi connectivity index (χ2n) is 5.02. The standard InChI is InChI=1S/C15H18F3N/c1-2-19-11-14(8-3-4-9-14)12-6-5-7-13(10-12)15(16,17)18/h3-7,10,19H,2,8-9,11H2,1H3. The van der Waals surface area contributed by atoms with Crippen molar-refractivity contribution in [3.05, 3.63) is 47.5 Å². The molecule has 0 spiro atoms. The first kappa shape index (κ1) is 14.1. The summed E-state index contributed by atoms with van der Waals surface area (Å²) in [6.45, 7) is 3.53. The first-order valence-electron chi connectivity index (χ1n) is 6.51. The molecule has 0 heterocycles. The summed E-state index contributed by atoms with van der Waals surface area (Å²) in [7, 11) is 0. The highest BCUT2D eigenvalue weighted by Gasteiger charge is 2.36. The number of nitrogens with one attached hydrogen (secondary N) is 1. The summed E-state index contributed by atoms with van der Waals surface area (Å²) < 4.78 is 38.4. The van der Waals surface area contributed by atoms with Crippen LogP contribution in [0.2, 0.25) is 0 Å². The summed E-state index contributed by atoms with van der Waals surface area (Å²) in [5, 5.41) is 3.27. The highest BCUT2D eigenvalue weighted by Crippen LogP contribution is 2.39. The van der Waals surface area contributed by atoms with Crippen LogP contribution in [0, 0.1) is 0 Å². The Labute approximate surface area is 111 Å². The van der Waals surface area contributed by atoms with Crippen molar-refractivity contribution in [1.82, 2.24) is 5.32 Å². The fraction of sp³-hybridized carbons (Fsp3) is 0.467. The zero-order valence-electron chi connectivity index (χ0n) is 10.9. The third-order valence-corrected chi connectivity index (χ3v) is 3.70. The predicted molar refractivity (Wildman–Crippen MR) is 70.0 cm³/mol. The van der Waals surface area contributed by atoms with Crippen molar-refractivity contribution in [2.75, 3.05) is 13.1 Å². The van der Waals surface area contributed by atoms with Gasteiger partial charge >= 0.3 is 6.18 Å². The fourth-order valence-electron chi connectivity index (χ4n) is 2.57. The molecule has 2 rings (SSSR count). The number of hydrogen-bond acceptors (Lipinski definition) is 1. The van der Waals surface area contributed by atoms with Crippen molar-refractivity contribution in [3.63, 3.8) is 0 Å². The average molecular weight is 269 g/mol. The Morgan fingerprint density at radius 1 is 1.21 bits per heavy atom. The van der Waals surface area contributed by atoms with E-state index < -0.39 is 11.7 Å². The lowest BCUT2D eigenvalue weighted by Crippen LogP contribution is -2.36. The predicted octanol–water partition coefficient (Wildman–Crippen LogP) is 3.90. The summed E-state index contributed by atoms with van der Waals surface area (Å²) in [6, 6.07) is 5.74. The van der Waals surface area contributed by atoms with Crippen molar-refractivity contribution in [2.24, 2.45) is 0 Å². The second-order valence-corrected chi connectivity index (χ2v) is 5.02. The average Bonchev–Trinajstić information content (AvgIpc) is 2.85. The molecule has 0 radical (unpaired) electrons. The van der Waals surface area contributed by atoms with Crippen LogP contribution in [0.25, 0.3) is 0 Å². The maximum absolute atomic E-state index is 12.8. The van der Waals surface area contributed by atoms with Crippen molar-refractivity contribution in [1.29, 1.82) is 0 Å². The van der Waals surface area contributed by atoms with E-state index in [-0.39, 0.29) is 5.41 Å². The minimum Gasteiger partial charge on any atom is -0.316 e. The molecule has 0 bridgehead atoms. The van der Waals surface area contributed by atoms with Gasteiger partial charge in [-0.05, 0) is 31.0 Å². The Morgan fingerprint density at radius 2 is 1.89 bits per heavy atom. The molecule has 4 heteroatoms. The molecule has 0 saturated carbocycles. The van der Waals surface area contributed by atoms with Crippen LogP contribution in [-0.2, 0) is 11.6 Å². The minimum absolute atomic E-state index is 0.225. The lowest BCUT2D eigenvalue weighted by atomic mass is 9.77. The highest BCUT2D eigenvalue weighted by molar-refractivity contribution is 5.35. The van der Waals surface area contributed by atoms with Gasteiger partial charge in [0.2, 0.25) is 0 Å². The van der Waals surface area contributed by atoms with E-state index in [2.05, 4.69) is 17.5 Å². The molecule has 19 heavy (non-hydrogen) atoms. The van der Waals surface area contributed by atoms with Crippen LogP contribution in [0.15, 0.2) is 36.4 Å². The maximum Gasteiger partial charge on any atom is 0.416 e. The number of rotatable bonds is 4. The Balaban J connectivity index is 2.32. The van der Waals surface area contributed by atoms with E-state index in [1.165, 1.54) is 12.1 Å². The third kappa shape index (κ3) is 3.00. The number of allylic oxidation sites excluding steroid dienone is 2. The van der Waals surface area contributed by atoms with Crippen LogP contribution in [0.1, 0.15) is 30.9 Å². The normalized spacial score (nSPS) is 17.9. The molecule has 1 aromatic carbocycles. The molecule has 1 aliphatic carbocycles. The molecule has 0 amide bonds. The molecular formula is C15H18F3N. The number of hydrogen-bond donors (Lipinski definition) is 1. The molecule has 1 aromatic rings. The van der Waals surface area contributed by atoms with Gasteiger partial charge in [-0.25, -0.2) is 0 Å².